The van der Waals surface area contributed by atoms with Crippen LogP contribution < -0.4 is 5.32 Å². The number of carbonyl (C=O) groups excluding carboxylic acids is 1. The molecular formula is C14H15NO5. The fourth-order valence-corrected chi connectivity index (χ4v) is 1.78. The van der Waals surface area contributed by atoms with Gasteiger partial charge in [-0.05, 0) is 25.1 Å². The molecule has 0 radical (unpaired) electrons. The third-order valence-electron chi connectivity index (χ3n) is 2.82. The van der Waals surface area contributed by atoms with Crippen LogP contribution in [0.3, 0.4) is 0 Å². The van der Waals surface area contributed by atoms with Gasteiger partial charge in [0.2, 0.25) is 5.76 Å². The highest BCUT2D eigenvalue weighted by Gasteiger charge is 2.16. The number of carboxylic acids is 1. The van der Waals surface area contributed by atoms with Gasteiger partial charge in [-0.3, -0.25) is 4.79 Å². The summed E-state index contributed by atoms with van der Waals surface area (Å²) in [5.74, 6) is -0.259. The van der Waals surface area contributed by atoms with Gasteiger partial charge in [-0.1, -0.05) is 6.92 Å². The minimum atomic E-state index is -1.14. The molecular weight excluding hydrogens is 262 g/mol. The van der Waals surface area contributed by atoms with E-state index >= 15 is 0 Å². The smallest absolute Gasteiger partial charge is 0.371 e. The van der Waals surface area contributed by atoms with Crippen molar-refractivity contribution in [3.05, 3.63) is 46.8 Å². The molecule has 0 fully saturated rings. The highest BCUT2D eigenvalue weighted by Crippen LogP contribution is 2.15. The van der Waals surface area contributed by atoms with Crippen LogP contribution in [0, 0.1) is 6.92 Å². The molecule has 6 heteroatoms. The first-order chi connectivity index (χ1) is 9.51. The van der Waals surface area contributed by atoms with Crippen molar-refractivity contribution < 1.29 is 23.5 Å². The molecule has 0 aliphatic carbocycles. The largest absolute Gasteiger partial charge is 0.475 e. The Hall–Kier alpha value is -2.50. The maximum Gasteiger partial charge on any atom is 0.371 e. The second kappa shape index (κ2) is 5.64. The molecule has 0 bridgehead atoms. The van der Waals surface area contributed by atoms with E-state index in [2.05, 4.69) is 5.32 Å². The van der Waals surface area contributed by atoms with Crippen LogP contribution in [-0.4, -0.2) is 17.0 Å². The minimum Gasteiger partial charge on any atom is -0.475 e. The summed E-state index contributed by atoms with van der Waals surface area (Å²) < 4.78 is 10.5. The molecule has 1 amide bonds. The summed E-state index contributed by atoms with van der Waals surface area (Å²) in [5, 5.41) is 11.4. The van der Waals surface area contributed by atoms with Crippen molar-refractivity contribution in [3.63, 3.8) is 0 Å². The number of hydrogen-bond acceptors (Lipinski definition) is 4. The van der Waals surface area contributed by atoms with Gasteiger partial charge in [0, 0.05) is 12.0 Å². The number of furan rings is 2. The number of carboxylic acid groups (broad SMARTS) is 1. The van der Waals surface area contributed by atoms with Gasteiger partial charge in [-0.2, -0.15) is 0 Å². The molecule has 106 valence electrons. The molecule has 20 heavy (non-hydrogen) atoms. The first-order valence-corrected chi connectivity index (χ1v) is 6.20. The highest BCUT2D eigenvalue weighted by molar-refractivity contribution is 5.92. The van der Waals surface area contributed by atoms with Crippen molar-refractivity contribution in [1.82, 2.24) is 5.32 Å². The van der Waals surface area contributed by atoms with E-state index < -0.39 is 5.97 Å². The Morgan fingerprint density at radius 3 is 2.55 bits per heavy atom. The van der Waals surface area contributed by atoms with Crippen LogP contribution in [0.1, 0.15) is 45.1 Å². The topological polar surface area (TPSA) is 92.7 Å². The van der Waals surface area contributed by atoms with Gasteiger partial charge in [-0.15, -0.1) is 0 Å². The van der Waals surface area contributed by atoms with Crippen LogP contribution in [0.15, 0.2) is 27.0 Å². The summed E-state index contributed by atoms with van der Waals surface area (Å²) in [6.45, 7) is 3.84. The maximum absolute atomic E-state index is 11.9. The zero-order chi connectivity index (χ0) is 14.7. The Kier molecular flexibility index (Phi) is 3.93. The molecule has 6 nitrogen and oxygen atoms in total. The van der Waals surface area contributed by atoms with E-state index in [1.165, 1.54) is 12.1 Å². The lowest BCUT2D eigenvalue weighted by Crippen LogP contribution is -2.22. The van der Waals surface area contributed by atoms with Crippen molar-refractivity contribution in [2.45, 2.75) is 26.8 Å². The predicted octanol–water partition coefficient (Wildman–Crippen LogP) is 2.37. The fourth-order valence-electron chi connectivity index (χ4n) is 1.78. The van der Waals surface area contributed by atoms with Gasteiger partial charge < -0.3 is 19.3 Å². The Labute approximate surface area is 115 Å². The third kappa shape index (κ3) is 2.90. The van der Waals surface area contributed by atoms with E-state index in [0.717, 1.165) is 11.3 Å². The van der Waals surface area contributed by atoms with Gasteiger partial charge in [0.1, 0.15) is 11.5 Å². The van der Waals surface area contributed by atoms with Crippen LogP contribution in [0.25, 0.3) is 0 Å². The molecule has 0 spiro atoms. The van der Waals surface area contributed by atoms with Crippen LogP contribution in [-0.2, 0) is 13.0 Å². The first kappa shape index (κ1) is 13.9. The molecule has 0 aliphatic heterocycles. The number of rotatable bonds is 5. The molecule has 0 aromatic carbocycles. The summed E-state index contributed by atoms with van der Waals surface area (Å²) in [5.41, 5.74) is 0.769. The van der Waals surface area contributed by atoms with E-state index in [1.807, 2.05) is 13.0 Å². The lowest BCUT2D eigenvalue weighted by molar-refractivity contribution is 0.0660. The van der Waals surface area contributed by atoms with Gasteiger partial charge in [0.25, 0.3) is 5.91 Å². The van der Waals surface area contributed by atoms with Crippen LogP contribution in [0.2, 0.25) is 0 Å². The standard InChI is InChI=1S/C14H15NO5/c1-3-9-6-8(2)12(20-9)13(16)15-7-10-4-5-11(19-10)14(17)18/h4-6H,3,7H2,1-2H3,(H,15,16)(H,17,18). The summed E-state index contributed by atoms with van der Waals surface area (Å²) in [4.78, 5) is 22.6. The average Bonchev–Trinajstić information content (AvgIpc) is 3.02. The third-order valence-corrected chi connectivity index (χ3v) is 2.82. The Morgan fingerprint density at radius 2 is 2.00 bits per heavy atom. The van der Waals surface area contributed by atoms with Gasteiger partial charge >= 0.3 is 5.97 Å². The van der Waals surface area contributed by atoms with E-state index in [1.54, 1.807) is 6.92 Å². The summed E-state index contributed by atoms with van der Waals surface area (Å²) in [7, 11) is 0. The number of hydrogen-bond donors (Lipinski definition) is 2. The molecule has 2 aromatic heterocycles. The number of carbonyl (C=O) groups is 2. The van der Waals surface area contributed by atoms with Crippen LogP contribution >= 0.6 is 0 Å². The van der Waals surface area contributed by atoms with Crippen LogP contribution in [0.4, 0.5) is 0 Å². The fraction of sp³-hybridized carbons (Fsp3) is 0.286. The highest BCUT2D eigenvalue weighted by atomic mass is 16.4. The predicted molar refractivity (Wildman–Crippen MR) is 69.7 cm³/mol. The maximum atomic E-state index is 11.9. The molecule has 2 aromatic rings. The van der Waals surface area contributed by atoms with Gasteiger partial charge in [-0.25, -0.2) is 4.79 Å². The molecule has 0 saturated carbocycles. The number of aryl methyl sites for hydroxylation is 2. The average molecular weight is 277 g/mol. The second-order valence-electron chi connectivity index (χ2n) is 4.33. The normalized spacial score (nSPS) is 10.5. The van der Waals surface area contributed by atoms with E-state index in [4.69, 9.17) is 13.9 Å². The van der Waals surface area contributed by atoms with E-state index in [9.17, 15) is 9.59 Å². The van der Waals surface area contributed by atoms with Crippen molar-refractivity contribution >= 4 is 11.9 Å². The zero-order valence-electron chi connectivity index (χ0n) is 11.2. The number of nitrogens with one attached hydrogen (secondary N) is 1. The lowest BCUT2D eigenvalue weighted by Gasteiger charge is -2.01. The van der Waals surface area contributed by atoms with Crippen LogP contribution in [0.5, 0.6) is 0 Å². The van der Waals surface area contributed by atoms with Crippen molar-refractivity contribution in [3.8, 4) is 0 Å². The molecule has 0 atom stereocenters. The molecule has 0 unspecified atom stereocenters. The van der Waals surface area contributed by atoms with Crippen molar-refractivity contribution in [2.24, 2.45) is 0 Å². The number of aromatic carboxylic acids is 1. The van der Waals surface area contributed by atoms with Gasteiger partial charge in [0.05, 0.1) is 6.54 Å². The van der Waals surface area contributed by atoms with Crippen molar-refractivity contribution in [1.29, 1.82) is 0 Å². The molecule has 0 saturated heterocycles. The zero-order valence-corrected chi connectivity index (χ0v) is 11.2. The van der Waals surface area contributed by atoms with E-state index in [-0.39, 0.29) is 24.0 Å². The second-order valence-corrected chi connectivity index (χ2v) is 4.33. The Balaban J connectivity index is 2.00. The minimum absolute atomic E-state index is 0.105. The molecule has 0 aliphatic rings. The monoisotopic (exact) mass is 277 g/mol. The van der Waals surface area contributed by atoms with E-state index in [0.29, 0.717) is 12.2 Å². The first-order valence-electron chi connectivity index (χ1n) is 6.20. The molecule has 2 heterocycles. The quantitative estimate of drug-likeness (QED) is 0.875. The van der Waals surface area contributed by atoms with Gasteiger partial charge in [0.15, 0.2) is 5.76 Å². The molecule has 2 N–H and O–H groups in total. The Morgan fingerprint density at radius 1 is 1.25 bits per heavy atom. The van der Waals surface area contributed by atoms with Crippen molar-refractivity contribution in [2.75, 3.05) is 0 Å². The SMILES string of the molecule is CCc1cc(C)c(C(=O)NCc2ccc(C(=O)O)o2)o1. The number of amides is 1. The molecule has 2 rings (SSSR count). The lowest BCUT2D eigenvalue weighted by atomic mass is 10.2. The Bertz CT molecular complexity index is 638. The summed E-state index contributed by atoms with van der Waals surface area (Å²) in [6.07, 6.45) is 0.717. The summed E-state index contributed by atoms with van der Waals surface area (Å²) >= 11 is 0. The summed E-state index contributed by atoms with van der Waals surface area (Å²) in [6, 6.07) is 4.68.